The van der Waals surface area contributed by atoms with Gasteiger partial charge in [-0.25, -0.2) is 0 Å². The van der Waals surface area contributed by atoms with Crippen LogP contribution in [0.25, 0.3) is 11.3 Å². The van der Waals surface area contributed by atoms with Crippen LogP contribution < -0.4 is 5.32 Å². The molecule has 1 aromatic carbocycles. The normalized spacial score (nSPS) is 10.5. The van der Waals surface area contributed by atoms with E-state index >= 15 is 0 Å². The molecule has 3 rings (SSSR count). The van der Waals surface area contributed by atoms with Gasteiger partial charge in [-0.2, -0.15) is 0 Å². The third-order valence-electron chi connectivity index (χ3n) is 3.43. The van der Waals surface area contributed by atoms with Gasteiger partial charge in [-0.3, -0.25) is 9.78 Å². The van der Waals surface area contributed by atoms with Gasteiger partial charge in [0.15, 0.2) is 5.76 Å². The van der Waals surface area contributed by atoms with Gasteiger partial charge in [-0.05, 0) is 19.1 Å². The number of hydrogen-bond acceptors (Lipinski definition) is 4. The molecule has 3 aromatic rings. The lowest BCUT2D eigenvalue weighted by Gasteiger charge is -2.02. The van der Waals surface area contributed by atoms with Gasteiger partial charge in [0.1, 0.15) is 0 Å². The van der Waals surface area contributed by atoms with E-state index in [2.05, 4.69) is 15.5 Å². The second-order valence-electron chi connectivity index (χ2n) is 5.32. The zero-order valence-electron chi connectivity index (χ0n) is 12.8. The minimum Gasteiger partial charge on any atom is -0.356 e. The molecule has 1 amide bonds. The summed E-state index contributed by atoms with van der Waals surface area (Å²) >= 11 is 0. The molecule has 0 saturated carbocycles. The maximum atomic E-state index is 12.0. The number of pyridine rings is 1. The molecule has 0 saturated heterocycles. The molecule has 2 heterocycles. The van der Waals surface area contributed by atoms with Crippen LogP contribution >= 0.6 is 0 Å². The first-order chi connectivity index (χ1) is 11.2. The summed E-state index contributed by atoms with van der Waals surface area (Å²) in [5.74, 6) is 0.553. The second kappa shape index (κ2) is 6.87. The van der Waals surface area contributed by atoms with Crippen LogP contribution in [0.4, 0.5) is 0 Å². The summed E-state index contributed by atoms with van der Waals surface area (Å²) in [5, 5.41) is 6.78. The predicted octanol–water partition coefficient (Wildman–Crippen LogP) is 2.90. The maximum Gasteiger partial charge on any atom is 0.226 e. The number of aryl methyl sites for hydroxylation is 1. The van der Waals surface area contributed by atoms with Crippen molar-refractivity contribution in [3.8, 4) is 11.3 Å². The Morgan fingerprint density at radius 2 is 1.96 bits per heavy atom. The van der Waals surface area contributed by atoms with Crippen LogP contribution in [0.1, 0.15) is 17.0 Å². The van der Waals surface area contributed by atoms with E-state index in [0.29, 0.717) is 18.0 Å². The fourth-order valence-corrected chi connectivity index (χ4v) is 2.17. The summed E-state index contributed by atoms with van der Waals surface area (Å²) in [6, 6.07) is 15.4. The average molecular weight is 307 g/mol. The number of carbonyl (C=O) groups is 1. The summed E-state index contributed by atoms with van der Waals surface area (Å²) in [4.78, 5) is 16.1. The van der Waals surface area contributed by atoms with Gasteiger partial charge >= 0.3 is 0 Å². The second-order valence-corrected chi connectivity index (χ2v) is 5.32. The Bertz CT molecular complexity index is 780. The van der Waals surface area contributed by atoms with Crippen LogP contribution in [0.2, 0.25) is 0 Å². The largest absolute Gasteiger partial charge is 0.356 e. The quantitative estimate of drug-likeness (QED) is 0.787. The van der Waals surface area contributed by atoms with E-state index in [4.69, 9.17) is 4.52 Å². The third-order valence-corrected chi connectivity index (χ3v) is 3.43. The molecule has 23 heavy (non-hydrogen) atoms. The van der Waals surface area contributed by atoms with E-state index in [1.807, 2.05) is 49.4 Å². The van der Waals surface area contributed by atoms with Crippen molar-refractivity contribution in [2.75, 3.05) is 0 Å². The molecule has 1 N–H and O–H groups in total. The molecule has 0 radical (unpaired) electrons. The van der Waals surface area contributed by atoms with Crippen LogP contribution in [-0.2, 0) is 17.8 Å². The summed E-state index contributed by atoms with van der Waals surface area (Å²) in [6.07, 6.45) is 1.88. The molecule has 0 bridgehead atoms. The molecule has 0 spiro atoms. The highest BCUT2D eigenvalue weighted by Crippen LogP contribution is 2.20. The topological polar surface area (TPSA) is 68.0 Å². The van der Waals surface area contributed by atoms with E-state index in [-0.39, 0.29) is 12.3 Å². The number of nitrogens with one attached hydrogen (secondary N) is 1. The van der Waals surface area contributed by atoms with Gasteiger partial charge in [0.25, 0.3) is 0 Å². The van der Waals surface area contributed by atoms with E-state index in [1.165, 1.54) is 5.56 Å². The molecule has 2 aromatic heterocycles. The summed E-state index contributed by atoms with van der Waals surface area (Å²) in [7, 11) is 0. The van der Waals surface area contributed by atoms with Crippen molar-refractivity contribution in [2.45, 2.75) is 19.9 Å². The van der Waals surface area contributed by atoms with E-state index in [9.17, 15) is 4.79 Å². The van der Waals surface area contributed by atoms with Crippen LogP contribution in [0.3, 0.4) is 0 Å². The highest BCUT2D eigenvalue weighted by molar-refractivity contribution is 5.78. The van der Waals surface area contributed by atoms with Crippen LogP contribution in [0.15, 0.2) is 59.3 Å². The smallest absolute Gasteiger partial charge is 0.226 e. The molecule has 0 fully saturated rings. The van der Waals surface area contributed by atoms with Crippen molar-refractivity contribution in [3.05, 3.63) is 71.7 Å². The lowest BCUT2D eigenvalue weighted by atomic mass is 10.1. The lowest BCUT2D eigenvalue weighted by Crippen LogP contribution is -2.25. The molecular formula is C18H17N3O2. The van der Waals surface area contributed by atoms with Gasteiger partial charge < -0.3 is 9.84 Å². The zero-order chi connectivity index (χ0) is 16.1. The monoisotopic (exact) mass is 307 g/mol. The Labute approximate surface area is 134 Å². The SMILES string of the molecule is Cc1ccc(-c2cc(CC(=O)NCc3ccccn3)no2)cc1. The first-order valence-electron chi connectivity index (χ1n) is 7.40. The number of hydrogen-bond donors (Lipinski definition) is 1. The van der Waals surface area contributed by atoms with Crippen molar-refractivity contribution < 1.29 is 9.32 Å². The summed E-state index contributed by atoms with van der Waals surface area (Å²) < 4.78 is 5.31. The van der Waals surface area contributed by atoms with Crippen LogP contribution in [0.5, 0.6) is 0 Å². The Balaban J connectivity index is 1.58. The summed E-state index contributed by atoms with van der Waals surface area (Å²) in [5.41, 5.74) is 3.56. The minimum absolute atomic E-state index is 0.112. The highest BCUT2D eigenvalue weighted by atomic mass is 16.5. The maximum absolute atomic E-state index is 12.0. The number of amides is 1. The molecule has 5 heteroatoms. The van der Waals surface area contributed by atoms with Crippen molar-refractivity contribution in [2.24, 2.45) is 0 Å². The predicted molar refractivity (Wildman–Crippen MR) is 86.5 cm³/mol. The van der Waals surface area contributed by atoms with E-state index < -0.39 is 0 Å². The lowest BCUT2D eigenvalue weighted by molar-refractivity contribution is -0.120. The Morgan fingerprint density at radius 1 is 1.13 bits per heavy atom. The fourth-order valence-electron chi connectivity index (χ4n) is 2.17. The van der Waals surface area contributed by atoms with Crippen molar-refractivity contribution in [1.29, 1.82) is 0 Å². The minimum atomic E-state index is -0.112. The first kappa shape index (κ1) is 15.0. The molecule has 0 aliphatic heterocycles. The molecule has 0 aliphatic carbocycles. The van der Waals surface area contributed by atoms with E-state index in [0.717, 1.165) is 11.3 Å². The number of benzene rings is 1. The van der Waals surface area contributed by atoms with Crippen LogP contribution in [0, 0.1) is 6.92 Å². The Hall–Kier alpha value is -2.95. The number of aromatic nitrogens is 2. The molecule has 5 nitrogen and oxygen atoms in total. The van der Waals surface area contributed by atoms with Gasteiger partial charge in [0.2, 0.25) is 5.91 Å². The van der Waals surface area contributed by atoms with Gasteiger partial charge in [-0.1, -0.05) is 41.1 Å². The number of carbonyl (C=O) groups excluding carboxylic acids is 1. The molecule has 116 valence electrons. The molecular weight excluding hydrogens is 290 g/mol. The fraction of sp³-hybridized carbons (Fsp3) is 0.167. The average Bonchev–Trinajstić information content (AvgIpc) is 3.03. The van der Waals surface area contributed by atoms with Crippen molar-refractivity contribution in [3.63, 3.8) is 0 Å². The zero-order valence-corrected chi connectivity index (χ0v) is 12.8. The molecule has 0 atom stereocenters. The summed E-state index contributed by atoms with van der Waals surface area (Å²) in [6.45, 7) is 2.43. The van der Waals surface area contributed by atoms with Crippen molar-refractivity contribution >= 4 is 5.91 Å². The Kier molecular flexibility index (Phi) is 4.47. The van der Waals surface area contributed by atoms with Crippen molar-refractivity contribution in [1.82, 2.24) is 15.5 Å². The number of nitrogens with zero attached hydrogens (tertiary/aromatic N) is 2. The van der Waals surface area contributed by atoms with E-state index in [1.54, 1.807) is 12.3 Å². The Morgan fingerprint density at radius 3 is 2.70 bits per heavy atom. The number of rotatable bonds is 5. The molecule has 0 aliphatic rings. The van der Waals surface area contributed by atoms with Crippen LogP contribution in [-0.4, -0.2) is 16.0 Å². The highest BCUT2D eigenvalue weighted by Gasteiger charge is 2.10. The first-order valence-corrected chi connectivity index (χ1v) is 7.40. The molecule has 0 unspecified atom stereocenters. The van der Waals surface area contributed by atoms with Gasteiger partial charge in [-0.15, -0.1) is 0 Å². The van der Waals surface area contributed by atoms with Gasteiger partial charge in [0.05, 0.1) is 24.4 Å². The van der Waals surface area contributed by atoms with Gasteiger partial charge in [0, 0.05) is 17.8 Å². The standard InChI is InChI=1S/C18H17N3O2/c1-13-5-7-14(8-6-13)17-10-16(21-23-17)11-18(22)20-12-15-4-2-3-9-19-15/h2-10H,11-12H2,1H3,(H,20,22). The third kappa shape index (κ3) is 4.03.